The van der Waals surface area contributed by atoms with Crippen LogP contribution in [0.25, 0.3) is 22.3 Å². The van der Waals surface area contributed by atoms with Gasteiger partial charge in [-0.15, -0.1) is 0 Å². The molecule has 2 aliphatic rings. The Morgan fingerprint density at radius 1 is 1.00 bits per heavy atom. The van der Waals surface area contributed by atoms with Crippen LogP contribution >= 0.6 is 0 Å². The molecule has 0 aliphatic carbocycles. The molecule has 38 heavy (non-hydrogen) atoms. The quantitative estimate of drug-likeness (QED) is 0.418. The Bertz CT molecular complexity index is 1400. The molecule has 0 radical (unpaired) electrons. The van der Waals surface area contributed by atoms with Crippen molar-refractivity contribution < 1.29 is 14.3 Å². The van der Waals surface area contributed by atoms with Gasteiger partial charge in [0.15, 0.2) is 5.65 Å². The highest BCUT2D eigenvalue weighted by Gasteiger charge is 2.29. The molecular formula is C28H31N7O3. The Hall–Kier alpha value is -4.02. The molecule has 0 saturated carbocycles. The van der Waals surface area contributed by atoms with Crippen LogP contribution < -0.4 is 10.5 Å². The Balaban J connectivity index is 1.25. The van der Waals surface area contributed by atoms with Crippen molar-refractivity contribution >= 4 is 22.8 Å². The minimum absolute atomic E-state index is 0.00336. The highest BCUT2D eigenvalue weighted by molar-refractivity contribution is 5.98. The number of anilines is 1. The van der Waals surface area contributed by atoms with E-state index in [0.717, 1.165) is 60.6 Å². The van der Waals surface area contributed by atoms with Crippen LogP contribution in [0, 0.1) is 0 Å². The maximum Gasteiger partial charge on any atom is 0.236 e. The Labute approximate surface area is 221 Å². The van der Waals surface area contributed by atoms with E-state index in [2.05, 4.69) is 14.9 Å². The molecule has 2 N–H and O–H groups in total. The van der Waals surface area contributed by atoms with Gasteiger partial charge >= 0.3 is 0 Å². The summed E-state index contributed by atoms with van der Waals surface area (Å²) in [4.78, 5) is 26.0. The first-order valence-corrected chi connectivity index (χ1v) is 13.1. The number of aromatic nitrogens is 4. The zero-order chi connectivity index (χ0) is 25.9. The summed E-state index contributed by atoms with van der Waals surface area (Å²) in [6, 6.07) is 17.4. The largest absolute Gasteiger partial charge is 0.457 e. The second-order valence-corrected chi connectivity index (χ2v) is 9.71. The first kappa shape index (κ1) is 24.3. The highest BCUT2D eigenvalue weighted by Crippen LogP contribution is 2.35. The number of fused-ring (bicyclic) bond motifs is 1. The molecule has 4 aromatic rings. The SMILES string of the molecule is Nc1ncnc2c1c(-c1ccc(Oc3ccccc3)cc1)nn2[C@@H]1CCCN(C(=O)CN2CCOCC2)C1. The van der Waals surface area contributed by atoms with Gasteiger partial charge in [0.05, 0.1) is 31.2 Å². The van der Waals surface area contributed by atoms with Gasteiger partial charge in [-0.25, -0.2) is 14.6 Å². The van der Waals surface area contributed by atoms with Gasteiger partial charge in [-0.1, -0.05) is 18.2 Å². The topological polar surface area (TPSA) is 112 Å². The number of ether oxygens (including phenoxy) is 2. The summed E-state index contributed by atoms with van der Waals surface area (Å²) in [5.74, 6) is 2.04. The maximum atomic E-state index is 13.1. The number of morpholine rings is 1. The number of nitrogen functional groups attached to an aromatic ring is 1. The molecule has 2 aromatic heterocycles. The molecule has 0 bridgehead atoms. The van der Waals surface area contributed by atoms with Crippen molar-refractivity contribution in [3.63, 3.8) is 0 Å². The van der Waals surface area contributed by atoms with Crippen LogP contribution in [0.1, 0.15) is 18.9 Å². The third kappa shape index (κ3) is 5.05. The second-order valence-electron chi connectivity index (χ2n) is 9.71. The lowest BCUT2D eigenvalue weighted by atomic mass is 10.1. The average Bonchev–Trinajstić information content (AvgIpc) is 3.36. The number of nitrogens with zero attached hydrogens (tertiary/aromatic N) is 6. The van der Waals surface area contributed by atoms with Crippen molar-refractivity contribution in [1.82, 2.24) is 29.5 Å². The molecule has 1 atom stereocenters. The van der Waals surface area contributed by atoms with E-state index in [0.29, 0.717) is 37.8 Å². The predicted octanol–water partition coefficient (Wildman–Crippen LogP) is 3.36. The summed E-state index contributed by atoms with van der Waals surface area (Å²) in [7, 11) is 0. The molecule has 6 rings (SSSR count). The Morgan fingerprint density at radius 2 is 1.76 bits per heavy atom. The number of hydrogen-bond donors (Lipinski definition) is 1. The fourth-order valence-corrected chi connectivity index (χ4v) is 5.19. The van der Waals surface area contributed by atoms with Gasteiger partial charge in [0.1, 0.15) is 29.3 Å². The average molecular weight is 514 g/mol. The van der Waals surface area contributed by atoms with Gasteiger partial charge < -0.3 is 20.1 Å². The number of carbonyl (C=O) groups excluding carboxylic acids is 1. The second kappa shape index (κ2) is 10.8. The fraction of sp³-hybridized carbons (Fsp3) is 0.357. The third-order valence-electron chi connectivity index (χ3n) is 7.18. The van der Waals surface area contributed by atoms with E-state index in [4.69, 9.17) is 20.3 Å². The number of carbonyl (C=O) groups is 1. The van der Waals surface area contributed by atoms with Gasteiger partial charge in [-0.3, -0.25) is 9.69 Å². The van der Waals surface area contributed by atoms with Crippen molar-refractivity contribution in [2.45, 2.75) is 18.9 Å². The van der Waals surface area contributed by atoms with Gasteiger partial charge in [0.25, 0.3) is 0 Å². The van der Waals surface area contributed by atoms with E-state index < -0.39 is 0 Å². The lowest BCUT2D eigenvalue weighted by molar-refractivity contribution is -0.135. The lowest BCUT2D eigenvalue weighted by Crippen LogP contribution is -2.48. The first-order valence-electron chi connectivity index (χ1n) is 13.1. The molecule has 0 unspecified atom stereocenters. The molecule has 4 heterocycles. The lowest BCUT2D eigenvalue weighted by Gasteiger charge is -2.35. The van der Waals surface area contributed by atoms with E-state index in [-0.39, 0.29) is 11.9 Å². The molecule has 196 valence electrons. The molecule has 10 nitrogen and oxygen atoms in total. The smallest absolute Gasteiger partial charge is 0.236 e. The van der Waals surface area contributed by atoms with Gasteiger partial charge in [0.2, 0.25) is 5.91 Å². The van der Waals surface area contributed by atoms with Crippen LogP contribution in [0.2, 0.25) is 0 Å². The van der Waals surface area contributed by atoms with E-state index in [1.54, 1.807) is 0 Å². The molecule has 2 fully saturated rings. The van der Waals surface area contributed by atoms with E-state index in [1.807, 2.05) is 64.2 Å². The normalized spacial score (nSPS) is 18.5. The van der Waals surface area contributed by atoms with Crippen LogP contribution in [0.5, 0.6) is 11.5 Å². The molecule has 10 heteroatoms. The minimum atomic E-state index is 0.00336. The number of hydrogen-bond acceptors (Lipinski definition) is 8. The molecule has 2 aliphatic heterocycles. The molecule has 1 amide bonds. The van der Waals surface area contributed by atoms with E-state index in [1.165, 1.54) is 6.33 Å². The van der Waals surface area contributed by atoms with Crippen molar-refractivity contribution in [2.24, 2.45) is 0 Å². The van der Waals surface area contributed by atoms with Crippen molar-refractivity contribution in [3.8, 4) is 22.8 Å². The van der Waals surface area contributed by atoms with Crippen LogP contribution in [0.15, 0.2) is 60.9 Å². The number of likely N-dealkylation sites (tertiary alicyclic amines) is 1. The minimum Gasteiger partial charge on any atom is -0.457 e. The molecule has 2 aromatic carbocycles. The third-order valence-corrected chi connectivity index (χ3v) is 7.18. The molecular weight excluding hydrogens is 482 g/mol. The van der Waals surface area contributed by atoms with E-state index in [9.17, 15) is 4.79 Å². The predicted molar refractivity (Wildman–Crippen MR) is 144 cm³/mol. The highest BCUT2D eigenvalue weighted by atomic mass is 16.5. The number of rotatable bonds is 6. The zero-order valence-electron chi connectivity index (χ0n) is 21.2. The van der Waals surface area contributed by atoms with Crippen molar-refractivity contribution in [2.75, 3.05) is 51.7 Å². The summed E-state index contributed by atoms with van der Waals surface area (Å²) in [5, 5.41) is 5.72. The van der Waals surface area contributed by atoms with Gasteiger partial charge in [-0.05, 0) is 49.2 Å². The van der Waals surface area contributed by atoms with Gasteiger partial charge in [-0.2, -0.15) is 5.10 Å². The molecule has 2 saturated heterocycles. The number of para-hydroxylation sites is 1. The maximum absolute atomic E-state index is 13.1. The Morgan fingerprint density at radius 3 is 2.55 bits per heavy atom. The first-order chi connectivity index (χ1) is 18.7. The van der Waals surface area contributed by atoms with Crippen LogP contribution in [-0.4, -0.2) is 81.4 Å². The number of amides is 1. The summed E-state index contributed by atoms with van der Waals surface area (Å²) < 4.78 is 13.3. The van der Waals surface area contributed by atoms with Crippen LogP contribution in [-0.2, 0) is 9.53 Å². The number of piperidine rings is 1. The fourth-order valence-electron chi connectivity index (χ4n) is 5.19. The van der Waals surface area contributed by atoms with Gasteiger partial charge in [0, 0.05) is 31.7 Å². The monoisotopic (exact) mass is 513 g/mol. The van der Waals surface area contributed by atoms with Crippen LogP contribution in [0.3, 0.4) is 0 Å². The van der Waals surface area contributed by atoms with Crippen molar-refractivity contribution in [1.29, 1.82) is 0 Å². The summed E-state index contributed by atoms with van der Waals surface area (Å²) in [6.07, 6.45) is 3.29. The summed E-state index contributed by atoms with van der Waals surface area (Å²) >= 11 is 0. The van der Waals surface area contributed by atoms with Crippen molar-refractivity contribution in [3.05, 3.63) is 60.9 Å². The van der Waals surface area contributed by atoms with Crippen LogP contribution in [0.4, 0.5) is 5.82 Å². The standard InChI is InChI=1S/C28H31N7O3/c29-27-25-26(20-8-10-23(11-9-20)38-22-6-2-1-3-7-22)32-35(28(25)31-19-30-27)21-5-4-12-34(17-21)24(36)18-33-13-15-37-16-14-33/h1-3,6-11,19,21H,4-5,12-18H2,(H2,29,30,31)/t21-/m1/s1. The Kier molecular flexibility index (Phi) is 6.89. The number of nitrogens with two attached hydrogens (primary N) is 1. The molecule has 0 spiro atoms. The zero-order valence-corrected chi connectivity index (χ0v) is 21.2. The van der Waals surface area contributed by atoms with E-state index >= 15 is 0 Å². The summed E-state index contributed by atoms with van der Waals surface area (Å²) in [5.41, 5.74) is 8.64. The summed E-state index contributed by atoms with van der Waals surface area (Å²) in [6.45, 7) is 4.71. The number of benzene rings is 2.